The van der Waals surface area contributed by atoms with Crippen LogP contribution in [0.25, 0.3) is 11.3 Å². The summed E-state index contributed by atoms with van der Waals surface area (Å²) < 4.78 is 35.8. The Bertz CT molecular complexity index is 1040. The second kappa shape index (κ2) is 7.35. The highest BCUT2D eigenvalue weighted by Gasteiger charge is 2.12. The van der Waals surface area contributed by atoms with Crippen molar-refractivity contribution in [2.75, 3.05) is 11.6 Å². The summed E-state index contributed by atoms with van der Waals surface area (Å²) in [5.41, 5.74) is 2.28. The van der Waals surface area contributed by atoms with Crippen molar-refractivity contribution in [2.24, 2.45) is 0 Å². The molecule has 3 rings (SSSR count). The highest BCUT2D eigenvalue weighted by atomic mass is 32.2. The van der Waals surface area contributed by atoms with E-state index in [0.29, 0.717) is 22.0 Å². The number of anilines is 1. The van der Waals surface area contributed by atoms with Crippen molar-refractivity contribution in [3.63, 3.8) is 0 Å². The molecule has 0 atom stereocenters. The highest BCUT2D eigenvalue weighted by Crippen LogP contribution is 2.25. The predicted molar refractivity (Wildman–Crippen MR) is 100 cm³/mol. The molecular weight excluding hydrogens is 375 g/mol. The van der Waals surface area contributed by atoms with Gasteiger partial charge in [-0.2, -0.15) is 0 Å². The number of sulfone groups is 1. The zero-order valence-electron chi connectivity index (χ0n) is 13.8. The van der Waals surface area contributed by atoms with E-state index in [-0.39, 0.29) is 17.5 Å². The molecule has 0 aliphatic rings. The summed E-state index contributed by atoms with van der Waals surface area (Å²) in [7, 11) is -3.18. The van der Waals surface area contributed by atoms with Gasteiger partial charge in [0.05, 0.1) is 11.4 Å². The molecule has 8 heteroatoms. The van der Waals surface area contributed by atoms with Crippen molar-refractivity contribution in [2.45, 2.75) is 5.75 Å². The summed E-state index contributed by atoms with van der Waals surface area (Å²) in [4.78, 5) is 16.7. The molecule has 3 aromatic rings. The van der Waals surface area contributed by atoms with E-state index in [1.165, 1.54) is 23.5 Å². The number of carbonyl (C=O) groups excluding carboxylic acids is 1. The number of benzene rings is 2. The summed E-state index contributed by atoms with van der Waals surface area (Å²) in [6.45, 7) is 0. The number of carbonyl (C=O) groups is 1. The van der Waals surface area contributed by atoms with Gasteiger partial charge < -0.3 is 0 Å². The number of aromatic nitrogens is 1. The van der Waals surface area contributed by atoms with Crippen molar-refractivity contribution in [3.05, 3.63) is 70.9 Å². The van der Waals surface area contributed by atoms with Gasteiger partial charge in [-0.1, -0.05) is 12.1 Å². The maximum atomic E-state index is 13.0. The Kier molecular flexibility index (Phi) is 5.15. The standard InChI is InChI=1S/C18H15FN2O3S2/c1-26(23,24)11-12-3-2-4-14(9-12)17(22)21-18-20-16(10-25-18)13-5-7-15(19)8-6-13/h2-10H,11H2,1H3,(H,20,21,22). The minimum Gasteiger partial charge on any atom is -0.298 e. The molecule has 0 spiro atoms. The van der Waals surface area contributed by atoms with Crippen LogP contribution in [0.4, 0.5) is 9.52 Å². The topological polar surface area (TPSA) is 76.1 Å². The molecule has 0 saturated carbocycles. The van der Waals surface area contributed by atoms with E-state index in [1.807, 2.05) is 0 Å². The summed E-state index contributed by atoms with van der Waals surface area (Å²) >= 11 is 1.25. The number of hydrogen-bond donors (Lipinski definition) is 1. The Hall–Kier alpha value is -2.58. The van der Waals surface area contributed by atoms with Crippen LogP contribution >= 0.6 is 11.3 Å². The molecule has 2 aromatic carbocycles. The van der Waals surface area contributed by atoms with Crippen LogP contribution in [0, 0.1) is 5.82 Å². The molecule has 0 radical (unpaired) electrons. The van der Waals surface area contributed by atoms with Crippen LogP contribution in [0.15, 0.2) is 53.9 Å². The minimum absolute atomic E-state index is 0.125. The summed E-state index contributed by atoms with van der Waals surface area (Å²) in [6, 6.07) is 12.4. The smallest absolute Gasteiger partial charge is 0.257 e. The van der Waals surface area contributed by atoms with E-state index >= 15 is 0 Å². The molecule has 0 saturated heterocycles. The number of thiazole rings is 1. The molecule has 5 nitrogen and oxygen atoms in total. The number of nitrogens with one attached hydrogen (secondary N) is 1. The third-order valence-electron chi connectivity index (χ3n) is 3.48. The summed E-state index contributed by atoms with van der Waals surface area (Å²) in [6.07, 6.45) is 1.15. The van der Waals surface area contributed by atoms with E-state index in [4.69, 9.17) is 0 Å². The predicted octanol–water partition coefficient (Wildman–Crippen LogP) is 3.75. The molecule has 1 amide bonds. The lowest BCUT2D eigenvalue weighted by molar-refractivity contribution is 0.102. The van der Waals surface area contributed by atoms with E-state index in [0.717, 1.165) is 11.8 Å². The largest absolute Gasteiger partial charge is 0.298 e. The zero-order valence-corrected chi connectivity index (χ0v) is 15.4. The number of hydrogen-bond acceptors (Lipinski definition) is 5. The second-order valence-corrected chi connectivity index (χ2v) is 8.77. The fourth-order valence-electron chi connectivity index (χ4n) is 2.36. The number of rotatable bonds is 5. The van der Waals surface area contributed by atoms with Crippen molar-refractivity contribution in [3.8, 4) is 11.3 Å². The SMILES string of the molecule is CS(=O)(=O)Cc1cccc(C(=O)Nc2nc(-c3ccc(F)cc3)cs2)c1. The average molecular weight is 390 g/mol. The maximum Gasteiger partial charge on any atom is 0.257 e. The van der Waals surface area contributed by atoms with Gasteiger partial charge in [0.15, 0.2) is 15.0 Å². The molecular formula is C18H15FN2O3S2. The Morgan fingerprint density at radius 3 is 2.62 bits per heavy atom. The molecule has 0 aliphatic heterocycles. The van der Waals surface area contributed by atoms with Crippen LogP contribution in [-0.2, 0) is 15.6 Å². The van der Waals surface area contributed by atoms with Crippen LogP contribution in [0.1, 0.15) is 15.9 Å². The first-order valence-electron chi connectivity index (χ1n) is 7.60. The molecule has 0 fully saturated rings. The lowest BCUT2D eigenvalue weighted by Gasteiger charge is -2.04. The van der Waals surface area contributed by atoms with E-state index in [2.05, 4.69) is 10.3 Å². The molecule has 0 unspecified atom stereocenters. The van der Waals surface area contributed by atoms with Gasteiger partial charge in [0.2, 0.25) is 0 Å². The Labute approximate surface area is 154 Å². The van der Waals surface area contributed by atoms with Crippen LogP contribution in [0.5, 0.6) is 0 Å². The Morgan fingerprint density at radius 2 is 1.92 bits per heavy atom. The van der Waals surface area contributed by atoms with E-state index < -0.39 is 9.84 Å². The Balaban J connectivity index is 1.74. The van der Waals surface area contributed by atoms with Gasteiger partial charge in [-0.05, 0) is 42.0 Å². The second-order valence-electron chi connectivity index (χ2n) is 5.77. The van der Waals surface area contributed by atoms with Gasteiger partial charge >= 0.3 is 0 Å². The third kappa shape index (κ3) is 4.74. The summed E-state index contributed by atoms with van der Waals surface area (Å²) in [5, 5.41) is 4.87. The lowest BCUT2D eigenvalue weighted by atomic mass is 10.1. The first-order chi connectivity index (χ1) is 12.3. The normalized spacial score (nSPS) is 11.3. The molecule has 1 N–H and O–H groups in total. The van der Waals surface area contributed by atoms with Gasteiger partial charge in [0, 0.05) is 22.8 Å². The number of amides is 1. The van der Waals surface area contributed by atoms with E-state index in [1.54, 1.807) is 41.8 Å². The minimum atomic E-state index is -3.18. The highest BCUT2D eigenvalue weighted by molar-refractivity contribution is 7.89. The molecule has 134 valence electrons. The van der Waals surface area contributed by atoms with Crippen molar-refractivity contribution < 1.29 is 17.6 Å². The van der Waals surface area contributed by atoms with Gasteiger partial charge in [0.25, 0.3) is 5.91 Å². The molecule has 26 heavy (non-hydrogen) atoms. The van der Waals surface area contributed by atoms with Crippen LogP contribution in [0.2, 0.25) is 0 Å². The lowest BCUT2D eigenvalue weighted by Crippen LogP contribution is -2.12. The Morgan fingerprint density at radius 1 is 1.19 bits per heavy atom. The average Bonchev–Trinajstić information content (AvgIpc) is 3.02. The van der Waals surface area contributed by atoms with Crippen molar-refractivity contribution in [1.82, 2.24) is 4.98 Å². The maximum absolute atomic E-state index is 13.0. The quantitative estimate of drug-likeness (QED) is 0.720. The molecule has 1 heterocycles. The summed E-state index contributed by atoms with van der Waals surface area (Å²) in [5.74, 6) is -0.827. The van der Waals surface area contributed by atoms with Crippen molar-refractivity contribution >= 4 is 32.2 Å². The van der Waals surface area contributed by atoms with Gasteiger partial charge in [-0.25, -0.2) is 17.8 Å². The third-order valence-corrected chi connectivity index (χ3v) is 5.10. The molecule has 0 aliphatic carbocycles. The van der Waals surface area contributed by atoms with Crippen LogP contribution in [-0.4, -0.2) is 25.6 Å². The van der Waals surface area contributed by atoms with E-state index in [9.17, 15) is 17.6 Å². The first kappa shape index (κ1) is 18.2. The monoisotopic (exact) mass is 390 g/mol. The molecule has 1 aromatic heterocycles. The fraction of sp³-hybridized carbons (Fsp3) is 0.111. The van der Waals surface area contributed by atoms with Crippen LogP contribution in [0.3, 0.4) is 0 Å². The van der Waals surface area contributed by atoms with Gasteiger partial charge in [-0.3, -0.25) is 10.1 Å². The van der Waals surface area contributed by atoms with Gasteiger partial charge in [0.1, 0.15) is 5.82 Å². The zero-order chi connectivity index (χ0) is 18.7. The molecule has 0 bridgehead atoms. The number of nitrogens with zero attached hydrogens (tertiary/aromatic N) is 1. The van der Waals surface area contributed by atoms with Crippen molar-refractivity contribution in [1.29, 1.82) is 0 Å². The van der Waals surface area contributed by atoms with Crippen LogP contribution < -0.4 is 5.32 Å². The van der Waals surface area contributed by atoms with Gasteiger partial charge in [-0.15, -0.1) is 11.3 Å². The number of halogens is 1. The first-order valence-corrected chi connectivity index (χ1v) is 10.5. The fourth-order valence-corrected chi connectivity index (χ4v) is 3.86.